The van der Waals surface area contributed by atoms with Gasteiger partial charge in [0.05, 0.1) is 28.6 Å². The number of amides is 2. The van der Waals surface area contributed by atoms with Crippen molar-refractivity contribution in [3.8, 4) is 0 Å². The molecule has 2 amide bonds. The van der Waals surface area contributed by atoms with Gasteiger partial charge in [0.15, 0.2) is 0 Å². The molecule has 2 heterocycles. The van der Waals surface area contributed by atoms with Crippen molar-refractivity contribution in [2.45, 2.75) is 19.4 Å². The molecule has 2 aromatic rings. The van der Waals surface area contributed by atoms with E-state index < -0.39 is 5.54 Å². The van der Waals surface area contributed by atoms with Crippen LogP contribution in [0, 0.1) is 0 Å². The molecule has 2 aromatic carbocycles. The fourth-order valence-corrected chi connectivity index (χ4v) is 4.27. The number of para-hydroxylation sites is 3. The highest BCUT2D eigenvalue weighted by Crippen LogP contribution is 2.36. The molecule has 0 saturated carbocycles. The third-order valence-corrected chi connectivity index (χ3v) is 6.00. The molecule has 7 heteroatoms. The van der Waals surface area contributed by atoms with E-state index in [1.807, 2.05) is 48.5 Å². The molecule has 152 valence electrons. The van der Waals surface area contributed by atoms with Gasteiger partial charge in [-0.25, -0.2) is 0 Å². The number of rotatable bonds is 3. The minimum absolute atomic E-state index is 0.0662. The molecule has 0 radical (unpaired) electrons. The Morgan fingerprint density at radius 1 is 1.00 bits per heavy atom. The minimum Gasteiger partial charge on any atom is -0.368 e. The van der Waals surface area contributed by atoms with Crippen molar-refractivity contribution in [3.05, 3.63) is 53.6 Å². The smallest absolute Gasteiger partial charge is 0.250 e. The topological polar surface area (TPSA) is 55.9 Å². The largest absolute Gasteiger partial charge is 0.368 e. The quantitative estimate of drug-likeness (QED) is 0.840. The molecular formula is C22H25ClN4O2. The third-order valence-electron chi connectivity index (χ3n) is 5.68. The average Bonchev–Trinajstić information content (AvgIpc) is 2.70. The van der Waals surface area contributed by atoms with Crippen LogP contribution in [-0.2, 0) is 9.59 Å². The van der Waals surface area contributed by atoms with Gasteiger partial charge in [0.2, 0.25) is 11.8 Å². The molecule has 0 aliphatic carbocycles. The van der Waals surface area contributed by atoms with Gasteiger partial charge in [0, 0.05) is 26.2 Å². The average molecular weight is 413 g/mol. The van der Waals surface area contributed by atoms with Gasteiger partial charge >= 0.3 is 0 Å². The monoisotopic (exact) mass is 412 g/mol. The predicted molar refractivity (Wildman–Crippen MR) is 117 cm³/mol. The molecule has 1 N–H and O–H groups in total. The number of fused-ring (bicyclic) bond motifs is 1. The van der Waals surface area contributed by atoms with Crippen LogP contribution in [0.3, 0.4) is 0 Å². The molecule has 0 spiro atoms. The zero-order chi connectivity index (χ0) is 20.6. The lowest BCUT2D eigenvalue weighted by atomic mass is 9.96. The van der Waals surface area contributed by atoms with Crippen LogP contribution in [0.2, 0.25) is 5.02 Å². The van der Waals surface area contributed by atoms with Gasteiger partial charge in [0.1, 0.15) is 5.54 Å². The molecular weight excluding hydrogens is 388 g/mol. The summed E-state index contributed by atoms with van der Waals surface area (Å²) in [6, 6.07) is 15.3. The molecule has 1 saturated heterocycles. The number of nitrogens with zero attached hydrogens (tertiary/aromatic N) is 3. The molecule has 0 aromatic heterocycles. The molecule has 2 aliphatic rings. The van der Waals surface area contributed by atoms with E-state index in [1.165, 1.54) is 0 Å². The van der Waals surface area contributed by atoms with Crippen LogP contribution < -0.4 is 15.1 Å². The summed E-state index contributed by atoms with van der Waals surface area (Å²) in [4.78, 5) is 31.9. The van der Waals surface area contributed by atoms with E-state index in [4.69, 9.17) is 11.6 Å². The van der Waals surface area contributed by atoms with Crippen LogP contribution in [0.4, 0.5) is 17.1 Å². The number of halogens is 1. The van der Waals surface area contributed by atoms with Crippen molar-refractivity contribution < 1.29 is 9.59 Å². The first-order valence-electron chi connectivity index (χ1n) is 9.83. The van der Waals surface area contributed by atoms with Crippen molar-refractivity contribution in [1.29, 1.82) is 0 Å². The summed E-state index contributed by atoms with van der Waals surface area (Å²) >= 11 is 6.32. The van der Waals surface area contributed by atoms with E-state index in [1.54, 1.807) is 18.7 Å². The lowest BCUT2D eigenvalue weighted by molar-refractivity contribution is -0.127. The predicted octanol–water partition coefficient (Wildman–Crippen LogP) is 3.23. The van der Waals surface area contributed by atoms with Crippen LogP contribution in [0.15, 0.2) is 48.5 Å². The maximum atomic E-state index is 13.3. The lowest BCUT2D eigenvalue weighted by Crippen LogP contribution is -2.61. The van der Waals surface area contributed by atoms with E-state index in [0.717, 1.165) is 42.6 Å². The van der Waals surface area contributed by atoms with Crippen LogP contribution in [-0.4, -0.2) is 55.0 Å². The highest BCUT2D eigenvalue weighted by Gasteiger charge is 2.43. The van der Waals surface area contributed by atoms with E-state index in [9.17, 15) is 9.59 Å². The molecule has 4 rings (SSSR count). The first-order chi connectivity index (χ1) is 13.9. The zero-order valence-electron chi connectivity index (χ0n) is 16.7. The van der Waals surface area contributed by atoms with Crippen LogP contribution >= 0.6 is 11.6 Å². The van der Waals surface area contributed by atoms with Crippen molar-refractivity contribution in [2.75, 3.05) is 47.8 Å². The van der Waals surface area contributed by atoms with E-state index >= 15 is 0 Å². The fourth-order valence-electron chi connectivity index (χ4n) is 4.02. The van der Waals surface area contributed by atoms with Crippen LogP contribution in [0.25, 0.3) is 0 Å². The van der Waals surface area contributed by atoms with Gasteiger partial charge in [-0.15, -0.1) is 0 Å². The molecule has 0 bridgehead atoms. The van der Waals surface area contributed by atoms with E-state index in [2.05, 4.69) is 15.1 Å². The number of nitrogens with one attached hydrogen (secondary N) is 1. The summed E-state index contributed by atoms with van der Waals surface area (Å²) < 4.78 is 0. The molecule has 2 aliphatic heterocycles. The Balaban J connectivity index is 1.46. The van der Waals surface area contributed by atoms with Crippen LogP contribution in [0.1, 0.15) is 13.8 Å². The summed E-state index contributed by atoms with van der Waals surface area (Å²) in [5.74, 6) is -0.239. The number of carbonyl (C=O) groups is 2. The highest BCUT2D eigenvalue weighted by atomic mass is 35.5. The molecule has 29 heavy (non-hydrogen) atoms. The lowest BCUT2D eigenvalue weighted by Gasteiger charge is -2.43. The van der Waals surface area contributed by atoms with Crippen molar-refractivity contribution in [2.24, 2.45) is 0 Å². The first-order valence-corrected chi connectivity index (χ1v) is 10.2. The Bertz CT molecular complexity index is 938. The van der Waals surface area contributed by atoms with Crippen LogP contribution in [0.5, 0.6) is 0 Å². The summed E-state index contributed by atoms with van der Waals surface area (Å²) in [6.45, 7) is 6.98. The van der Waals surface area contributed by atoms with Gasteiger partial charge in [-0.2, -0.15) is 0 Å². The van der Waals surface area contributed by atoms with Crippen molar-refractivity contribution in [3.63, 3.8) is 0 Å². The molecule has 6 nitrogen and oxygen atoms in total. The number of benzene rings is 2. The molecule has 0 atom stereocenters. The maximum Gasteiger partial charge on any atom is 0.250 e. The zero-order valence-corrected chi connectivity index (χ0v) is 17.4. The Hall–Kier alpha value is -2.57. The summed E-state index contributed by atoms with van der Waals surface area (Å²) in [5, 5.41) is 3.65. The van der Waals surface area contributed by atoms with E-state index in [0.29, 0.717) is 5.69 Å². The Morgan fingerprint density at radius 2 is 1.62 bits per heavy atom. The second-order valence-corrected chi connectivity index (χ2v) is 8.38. The number of anilines is 3. The van der Waals surface area contributed by atoms with Crippen molar-refractivity contribution >= 4 is 40.5 Å². The van der Waals surface area contributed by atoms with E-state index in [-0.39, 0.29) is 18.4 Å². The van der Waals surface area contributed by atoms with Gasteiger partial charge in [-0.1, -0.05) is 35.9 Å². The van der Waals surface area contributed by atoms with Gasteiger partial charge < -0.3 is 10.2 Å². The third kappa shape index (κ3) is 3.70. The Kier molecular flexibility index (Phi) is 5.23. The maximum absolute atomic E-state index is 13.3. The summed E-state index contributed by atoms with van der Waals surface area (Å²) in [6.07, 6.45) is 0. The fraction of sp³-hybridized carbons (Fsp3) is 0.364. The highest BCUT2D eigenvalue weighted by molar-refractivity contribution is 6.33. The second-order valence-electron chi connectivity index (χ2n) is 7.97. The van der Waals surface area contributed by atoms with Gasteiger partial charge in [-0.3, -0.25) is 19.4 Å². The first kappa shape index (κ1) is 19.7. The van der Waals surface area contributed by atoms with Gasteiger partial charge in [-0.05, 0) is 38.1 Å². The number of hydrogen-bond donors (Lipinski definition) is 1. The Morgan fingerprint density at radius 3 is 2.31 bits per heavy atom. The molecule has 0 unspecified atom stereocenters. The van der Waals surface area contributed by atoms with Crippen molar-refractivity contribution in [1.82, 2.24) is 4.90 Å². The standard InChI is InChI=1S/C22H25ClN4O2/c1-22(2)21(29)24-17-8-4-6-10-19(17)27(22)20(28)15-25-11-13-26(14-12-25)18-9-5-3-7-16(18)23/h3-10H,11-15H2,1-2H3,(H,24,29). The number of carbonyl (C=O) groups excluding carboxylic acids is 2. The normalized spacial score (nSPS) is 18.9. The Labute approximate surface area is 176 Å². The van der Waals surface area contributed by atoms with Gasteiger partial charge in [0.25, 0.3) is 0 Å². The molecule has 1 fully saturated rings. The summed E-state index contributed by atoms with van der Waals surface area (Å²) in [5.41, 5.74) is 1.51. The number of piperazine rings is 1. The second kappa shape index (κ2) is 7.69. The number of hydrogen-bond acceptors (Lipinski definition) is 4. The summed E-state index contributed by atoms with van der Waals surface area (Å²) in [7, 11) is 0. The SMILES string of the molecule is CC1(C)C(=O)Nc2ccccc2N1C(=O)CN1CCN(c2ccccc2Cl)CC1. The minimum atomic E-state index is -0.940.